The Morgan fingerprint density at radius 1 is 1.21 bits per heavy atom. The molecule has 3 nitrogen and oxygen atoms in total. The van der Waals surface area contributed by atoms with Crippen molar-refractivity contribution in [1.29, 1.82) is 0 Å². The van der Waals surface area contributed by atoms with Crippen LogP contribution in [0.1, 0.15) is 29.2 Å². The quantitative estimate of drug-likeness (QED) is 0.902. The van der Waals surface area contributed by atoms with E-state index in [1.165, 1.54) is 26.7 Å². The van der Waals surface area contributed by atoms with Gasteiger partial charge in [-0.25, -0.2) is 0 Å². The number of ether oxygens (including phenoxy) is 1. The van der Waals surface area contributed by atoms with Gasteiger partial charge in [0, 0.05) is 29.2 Å². The lowest BCUT2D eigenvalue weighted by Gasteiger charge is -2.27. The van der Waals surface area contributed by atoms with Crippen LogP contribution in [0.4, 0.5) is 0 Å². The Labute approximate surface area is 125 Å². The van der Waals surface area contributed by atoms with Gasteiger partial charge in [0.05, 0.1) is 7.11 Å². The summed E-state index contributed by atoms with van der Waals surface area (Å²) in [6.07, 6.45) is 0. The summed E-state index contributed by atoms with van der Waals surface area (Å²) in [7, 11) is 3.84. The van der Waals surface area contributed by atoms with Gasteiger partial charge in [-0.3, -0.25) is 4.90 Å². The lowest BCUT2D eigenvalue weighted by molar-refractivity contribution is 0.250. The van der Waals surface area contributed by atoms with Crippen LogP contribution in [0.5, 0.6) is 5.75 Å². The molecule has 1 rings (SSSR count). The third-order valence-electron chi connectivity index (χ3n) is 3.99. The van der Waals surface area contributed by atoms with Crippen molar-refractivity contribution < 1.29 is 4.74 Å². The molecule has 0 aliphatic rings. The Bertz CT molecular complexity index is 460. The molecule has 1 aromatic rings. The summed E-state index contributed by atoms with van der Waals surface area (Å²) in [6.45, 7) is 9.99. The molecule has 1 atom stereocenters. The van der Waals surface area contributed by atoms with Crippen LogP contribution in [0, 0.1) is 20.8 Å². The van der Waals surface area contributed by atoms with E-state index in [1.54, 1.807) is 7.11 Å². The molecule has 0 saturated carbocycles. The molecular formula is C15H25BrN2O. The number of nitrogens with zero attached hydrogens (tertiary/aromatic N) is 1. The topological polar surface area (TPSA) is 38.5 Å². The van der Waals surface area contributed by atoms with Crippen LogP contribution < -0.4 is 10.5 Å². The monoisotopic (exact) mass is 328 g/mol. The third kappa shape index (κ3) is 3.30. The minimum absolute atomic E-state index is 0.351. The molecule has 0 spiro atoms. The predicted octanol–water partition coefficient (Wildman–Crippen LogP) is 3.16. The lowest BCUT2D eigenvalue weighted by atomic mass is 9.98. The molecule has 0 amide bonds. The number of nitrogens with two attached hydrogens (primary N) is 1. The van der Waals surface area contributed by atoms with E-state index < -0.39 is 0 Å². The fourth-order valence-corrected chi connectivity index (χ4v) is 2.73. The molecule has 1 unspecified atom stereocenters. The molecule has 0 aliphatic carbocycles. The normalized spacial score (nSPS) is 12.9. The number of halogens is 1. The summed E-state index contributed by atoms with van der Waals surface area (Å²) in [5, 5.41) is 0. The highest BCUT2D eigenvalue weighted by Gasteiger charge is 2.19. The molecule has 1 aromatic carbocycles. The minimum atomic E-state index is 0.351. The maximum absolute atomic E-state index is 5.74. The van der Waals surface area contributed by atoms with Gasteiger partial charge in [-0.2, -0.15) is 0 Å². The highest BCUT2D eigenvalue weighted by Crippen LogP contribution is 2.36. The summed E-state index contributed by atoms with van der Waals surface area (Å²) >= 11 is 3.69. The van der Waals surface area contributed by atoms with E-state index in [0.29, 0.717) is 12.6 Å². The van der Waals surface area contributed by atoms with E-state index in [2.05, 4.69) is 55.6 Å². The van der Waals surface area contributed by atoms with Crippen molar-refractivity contribution in [2.75, 3.05) is 20.7 Å². The van der Waals surface area contributed by atoms with Crippen LogP contribution in [-0.2, 0) is 6.54 Å². The van der Waals surface area contributed by atoms with Gasteiger partial charge in [0.1, 0.15) is 5.75 Å². The molecule has 0 fully saturated rings. The summed E-state index contributed by atoms with van der Waals surface area (Å²) in [6, 6.07) is 0.351. The molecule has 0 aromatic heterocycles. The van der Waals surface area contributed by atoms with Crippen molar-refractivity contribution in [1.82, 2.24) is 4.90 Å². The minimum Gasteiger partial charge on any atom is -0.496 e. The zero-order chi connectivity index (χ0) is 14.7. The Balaban J connectivity index is 3.26. The number of hydrogen-bond acceptors (Lipinski definition) is 3. The Morgan fingerprint density at radius 2 is 1.79 bits per heavy atom. The van der Waals surface area contributed by atoms with Gasteiger partial charge in [-0.15, -0.1) is 0 Å². The first-order valence-corrected chi connectivity index (χ1v) is 7.36. The van der Waals surface area contributed by atoms with Crippen molar-refractivity contribution in [2.24, 2.45) is 5.73 Å². The maximum Gasteiger partial charge on any atom is 0.126 e. The first-order valence-electron chi connectivity index (χ1n) is 6.57. The molecule has 0 bridgehead atoms. The maximum atomic E-state index is 5.74. The van der Waals surface area contributed by atoms with Crippen LogP contribution in [-0.4, -0.2) is 31.6 Å². The van der Waals surface area contributed by atoms with Gasteiger partial charge in [0.15, 0.2) is 0 Å². The summed E-state index contributed by atoms with van der Waals surface area (Å²) in [5.41, 5.74) is 10.7. The number of benzene rings is 1. The zero-order valence-electron chi connectivity index (χ0n) is 12.8. The third-order valence-corrected chi connectivity index (χ3v) is 5.18. The molecule has 2 N–H and O–H groups in total. The standard InChI is InChI=1S/C15H25BrN2O/c1-9(7-17)18(5)8-13-12(4)14(16)10(2)11(3)15(13)19-6/h9H,7-8,17H2,1-6H3. The fourth-order valence-electron chi connectivity index (χ4n) is 2.20. The summed E-state index contributed by atoms with van der Waals surface area (Å²) in [4.78, 5) is 2.26. The average molecular weight is 329 g/mol. The van der Waals surface area contributed by atoms with Crippen LogP contribution in [0.2, 0.25) is 0 Å². The molecular weight excluding hydrogens is 304 g/mol. The van der Waals surface area contributed by atoms with Crippen molar-refractivity contribution in [3.63, 3.8) is 0 Å². The Kier molecular flexibility index (Phi) is 5.83. The van der Waals surface area contributed by atoms with E-state index in [1.807, 2.05) is 0 Å². The molecule has 4 heteroatoms. The zero-order valence-corrected chi connectivity index (χ0v) is 14.4. The number of hydrogen-bond donors (Lipinski definition) is 1. The number of likely N-dealkylation sites (N-methyl/N-ethyl adjacent to an activating group) is 1. The highest BCUT2D eigenvalue weighted by atomic mass is 79.9. The van der Waals surface area contributed by atoms with Crippen LogP contribution in [0.15, 0.2) is 4.47 Å². The Hall–Kier alpha value is -0.580. The number of rotatable bonds is 5. The summed E-state index contributed by atoms with van der Waals surface area (Å²) < 4.78 is 6.80. The first kappa shape index (κ1) is 16.5. The van der Waals surface area contributed by atoms with E-state index in [0.717, 1.165) is 12.3 Å². The van der Waals surface area contributed by atoms with Gasteiger partial charge in [-0.05, 0) is 51.4 Å². The summed E-state index contributed by atoms with van der Waals surface area (Å²) in [5.74, 6) is 0.995. The van der Waals surface area contributed by atoms with Gasteiger partial charge in [-0.1, -0.05) is 15.9 Å². The van der Waals surface area contributed by atoms with Crippen LogP contribution >= 0.6 is 15.9 Å². The van der Waals surface area contributed by atoms with Crippen molar-refractivity contribution >= 4 is 15.9 Å². The smallest absolute Gasteiger partial charge is 0.126 e. The predicted molar refractivity (Wildman–Crippen MR) is 84.9 cm³/mol. The second-order valence-electron chi connectivity index (χ2n) is 5.20. The van der Waals surface area contributed by atoms with Crippen LogP contribution in [0.25, 0.3) is 0 Å². The van der Waals surface area contributed by atoms with E-state index in [-0.39, 0.29) is 0 Å². The Morgan fingerprint density at radius 3 is 2.26 bits per heavy atom. The van der Waals surface area contributed by atoms with Crippen molar-refractivity contribution in [3.05, 3.63) is 26.7 Å². The molecule has 19 heavy (non-hydrogen) atoms. The SMILES string of the molecule is COc1c(C)c(C)c(Br)c(C)c1CN(C)C(C)CN. The molecule has 0 heterocycles. The van der Waals surface area contributed by atoms with E-state index >= 15 is 0 Å². The molecule has 0 saturated heterocycles. The van der Waals surface area contributed by atoms with Gasteiger partial charge >= 0.3 is 0 Å². The van der Waals surface area contributed by atoms with Gasteiger partial charge < -0.3 is 10.5 Å². The highest BCUT2D eigenvalue weighted by molar-refractivity contribution is 9.10. The van der Waals surface area contributed by atoms with Crippen molar-refractivity contribution in [2.45, 2.75) is 40.3 Å². The second kappa shape index (κ2) is 6.73. The van der Waals surface area contributed by atoms with Gasteiger partial charge in [0.2, 0.25) is 0 Å². The molecule has 0 aliphatic heterocycles. The number of methoxy groups -OCH3 is 1. The van der Waals surface area contributed by atoms with Crippen LogP contribution in [0.3, 0.4) is 0 Å². The average Bonchev–Trinajstić information content (AvgIpc) is 2.41. The second-order valence-corrected chi connectivity index (χ2v) is 5.99. The fraction of sp³-hybridized carbons (Fsp3) is 0.600. The van der Waals surface area contributed by atoms with Crippen molar-refractivity contribution in [3.8, 4) is 5.75 Å². The molecule has 0 radical (unpaired) electrons. The van der Waals surface area contributed by atoms with E-state index in [9.17, 15) is 0 Å². The van der Waals surface area contributed by atoms with Gasteiger partial charge in [0.25, 0.3) is 0 Å². The molecule has 108 valence electrons. The largest absolute Gasteiger partial charge is 0.496 e. The van der Waals surface area contributed by atoms with E-state index in [4.69, 9.17) is 10.5 Å². The first-order chi connectivity index (χ1) is 8.84. The lowest BCUT2D eigenvalue weighted by Crippen LogP contribution is -2.35.